The van der Waals surface area contributed by atoms with E-state index in [-0.39, 0.29) is 18.9 Å². The van der Waals surface area contributed by atoms with Gasteiger partial charge in [-0.2, -0.15) is 0 Å². The predicted octanol–water partition coefficient (Wildman–Crippen LogP) is 2.23. The molecule has 0 aliphatic carbocycles. The van der Waals surface area contributed by atoms with Gasteiger partial charge in [0.05, 0.1) is 23.1 Å². The average Bonchev–Trinajstić information content (AvgIpc) is 2.74. The number of hydrogen-bond donors (Lipinski definition) is 2. The van der Waals surface area contributed by atoms with Crippen molar-refractivity contribution in [2.75, 3.05) is 11.9 Å². The molecule has 0 radical (unpaired) electrons. The summed E-state index contributed by atoms with van der Waals surface area (Å²) < 4.78 is 17.1. The fourth-order valence-electron chi connectivity index (χ4n) is 2.45. The van der Waals surface area contributed by atoms with E-state index in [1.807, 2.05) is 27.7 Å². The zero-order valence-corrected chi connectivity index (χ0v) is 17.7. The molecule has 2 amide bonds. The van der Waals surface area contributed by atoms with Crippen LogP contribution in [-0.2, 0) is 18.8 Å². The Bertz CT molecular complexity index is 715. The van der Waals surface area contributed by atoms with E-state index in [1.54, 1.807) is 39.2 Å². The van der Waals surface area contributed by atoms with Gasteiger partial charge < -0.3 is 24.7 Å². The van der Waals surface area contributed by atoms with Gasteiger partial charge in [-0.15, -0.1) is 0 Å². The molecule has 0 atom stereocenters. The molecule has 28 heavy (non-hydrogen) atoms. The summed E-state index contributed by atoms with van der Waals surface area (Å²) in [4.78, 5) is 27.9. The van der Waals surface area contributed by atoms with Crippen LogP contribution in [0, 0.1) is 0 Å². The van der Waals surface area contributed by atoms with Gasteiger partial charge in [0, 0.05) is 24.6 Å². The number of nitrogens with zero attached hydrogens (tertiary/aromatic N) is 1. The molecule has 154 valence electrons. The summed E-state index contributed by atoms with van der Waals surface area (Å²) in [5.41, 5.74) is -0.224. The zero-order chi connectivity index (χ0) is 21.2. The summed E-state index contributed by atoms with van der Waals surface area (Å²) in [5.74, 6) is -0.246. The molecule has 0 saturated carbocycles. The highest BCUT2D eigenvalue weighted by atomic mass is 16.7. The molecule has 1 saturated heterocycles. The van der Waals surface area contributed by atoms with Crippen molar-refractivity contribution in [3.63, 3.8) is 0 Å². The first kappa shape index (κ1) is 22.2. The SMILES string of the molecule is CC(C)(C)OC(=O)NCCC(=O)Nc1cncc(B2OC(C)(C)C(C)(C)O2)c1. The minimum absolute atomic E-state index is 0.111. The van der Waals surface area contributed by atoms with Crippen LogP contribution in [0.4, 0.5) is 10.5 Å². The minimum atomic E-state index is -0.577. The van der Waals surface area contributed by atoms with E-state index in [0.717, 1.165) is 5.46 Å². The van der Waals surface area contributed by atoms with Gasteiger partial charge in [-0.3, -0.25) is 9.78 Å². The molecule has 2 heterocycles. The van der Waals surface area contributed by atoms with Crippen molar-refractivity contribution >= 4 is 30.3 Å². The number of carbonyl (C=O) groups is 2. The molecule has 1 aliphatic rings. The molecule has 9 heteroatoms. The van der Waals surface area contributed by atoms with Crippen LogP contribution in [0.15, 0.2) is 18.5 Å². The van der Waals surface area contributed by atoms with E-state index >= 15 is 0 Å². The van der Waals surface area contributed by atoms with Crippen LogP contribution in [0.5, 0.6) is 0 Å². The van der Waals surface area contributed by atoms with Crippen molar-refractivity contribution in [3.8, 4) is 0 Å². The molecule has 2 rings (SSSR count). The largest absolute Gasteiger partial charge is 0.496 e. The molecular formula is C19H30BN3O5. The summed E-state index contributed by atoms with van der Waals surface area (Å²) in [6, 6.07) is 1.77. The Balaban J connectivity index is 1.88. The number of alkyl carbamates (subject to hydrolysis) is 1. The molecule has 0 unspecified atom stereocenters. The number of aromatic nitrogens is 1. The van der Waals surface area contributed by atoms with Gasteiger partial charge in [0.2, 0.25) is 5.91 Å². The Labute approximate surface area is 166 Å². The third kappa shape index (κ3) is 5.94. The number of rotatable bonds is 5. The number of pyridine rings is 1. The molecule has 0 aromatic carbocycles. The smallest absolute Gasteiger partial charge is 0.444 e. The van der Waals surface area contributed by atoms with Gasteiger partial charge in [0.25, 0.3) is 0 Å². The second-order valence-corrected chi connectivity index (χ2v) is 8.82. The quantitative estimate of drug-likeness (QED) is 0.747. The van der Waals surface area contributed by atoms with Crippen LogP contribution in [0.3, 0.4) is 0 Å². The van der Waals surface area contributed by atoms with Crippen LogP contribution in [0.2, 0.25) is 0 Å². The van der Waals surface area contributed by atoms with E-state index in [0.29, 0.717) is 5.69 Å². The Morgan fingerprint density at radius 1 is 1.14 bits per heavy atom. The van der Waals surface area contributed by atoms with Gasteiger partial charge in [-0.25, -0.2) is 4.79 Å². The molecular weight excluding hydrogens is 361 g/mol. The lowest BCUT2D eigenvalue weighted by Gasteiger charge is -2.32. The number of nitrogens with one attached hydrogen (secondary N) is 2. The molecule has 8 nitrogen and oxygen atoms in total. The Morgan fingerprint density at radius 2 is 1.75 bits per heavy atom. The van der Waals surface area contributed by atoms with Gasteiger partial charge >= 0.3 is 13.2 Å². The lowest BCUT2D eigenvalue weighted by Crippen LogP contribution is -2.41. The van der Waals surface area contributed by atoms with E-state index in [1.165, 1.54) is 0 Å². The predicted molar refractivity (Wildman–Crippen MR) is 107 cm³/mol. The first-order valence-corrected chi connectivity index (χ1v) is 9.36. The van der Waals surface area contributed by atoms with Crippen molar-refractivity contribution in [1.82, 2.24) is 10.3 Å². The molecule has 1 aliphatic heterocycles. The molecule has 0 bridgehead atoms. The van der Waals surface area contributed by atoms with E-state index in [9.17, 15) is 9.59 Å². The van der Waals surface area contributed by atoms with Crippen LogP contribution >= 0.6 is 0 Å². The average molecular weight is 391 g/mol. The van der Waals surface area contributed by atoms with Crippen LogP contribution in [0.25, 0.3) is 0 Å². The number of ether oxygens (including phenoxy) is 1. The summed E-state index contributed by atoms with van der Waals surface area (Å²) >= 11 is 0. The number of amides is 2. The Hall–Kier alpha value is -2.13. The zero-order valence-electron chi connectivity index (χ0n) is 17.7. The summed E-state index contributed by atoms with van der Waals surface area (Å²) in [6.07, 6.45) is 2.76. The van der Waals surface area contributed by atoms with Crippen LogP contribution in [0.1, 0.15) is 54.9 Å². The number of hydrogen-bond acceptors (Lipinski definition) is 6. The summed E-state index contributed by atoms with van der Waals surface area (Å²) in [6.45, 7) is 13.4. The van der Waals surface area contributed by atoms with Crippen molar-refractivity contribution in [2.45, 2.75) is 71.7 Å². The van der Waals surface area contributed by atoms with E-state index in [4.69, 9.17) is 14.0 Å². The third-order valence-electron chi connectivity index (χ3n) is 4.59. The standard InChI is InChI=1S/C19H30BN3O5/c1-17(2,3)26-16(25)22-9-8-15(24)23-14-10-13(11-21-12-14)20-27-18(4,5)19(6,7)28-20/h10-12H,8-9H2,1-7H3,(H,22,25)(H,23,24). The lowest BCUT2D eigenvalue weighted by atomic mass is 9.80. The topological polar surface area (TPSA) is 98.8 Å². The van der Waals surface area contributed by atoms with Gasteiger partial charge in [-0.1, -0.05) is 0 Å². The highest BCUT2D eigenvalue weighted by Gasteiger charge is 2.51. The van der Waals surface area contributed by atoms with Crippen molar-refractivity contribution < 1.29 is 23.6 Å². The molecule has 1 fully saturated rings. The Kier molecular flexibility index (Phi) is 6.40. The summed E-state index contributed by atoms with van der Waals surface area (Å²) in [5, 5.41) is 5.32. The highest BCUT2D eigenvalue weighted by molar-refractivity contribution is 6.62. The first-order chi connectivity index (χ1) is 12.8. The second-order valence-electron chi connectivity index (χ2n) is 8.82. The van der Waals surface area contributed by atoms with Crippen LogP contribution < -0.4 is 16.1 Å². The maximum absolute atomic E-state index is 12.1. The number of carbonyl (C=O) groups excluding carboxylic acids is 2. The minimum Gasteiger partial charge on any atom is -0.444 e. The third-order valence-corrected chi connectivity index (χ3v) is 4.59. The maximum atomic E-state index is 12.1. The van der Waals surface area contributed by atoms with Crippen molar-refractivity contribution in [1.29, 1.82) is 0 Å². The lowest BCUT2D eigenvalue weighted by molar-refractivity contribution is -0.116. The fraction of sp³-hybridized carbons (Fsp3) is 0.632. The number of anilines is 1. The first-order valence-electron chi connectivity index (χ1n) is 9.36. The van der Waals surface area contributed by atoms with Crippen LogP contribution in [-0.4, -0.2) is 47.5 Å². The van der Waals surface area contributed by atoms with Gasteiger partial charge in [-0.05, 0) is 54.5 Å². The second kappa shape index (κ2) is 8.09. The van der Waals surface area contributed by atoms with Gasteiger partial charge in [0.1, 0.15) is 5.60 Å². The Morgan fingerprint density at radius 3 is 2.32 bits per heavy atom. The highest BCUT2D eigenvalue weighted by Crippen LogP contribution is 2.36. The molecule has 0 spiro atoms. The van der Waals surface area contributed by atoms with E-state index < -0.39 is 30.0 Å². The van der Waals surface area contributed by atoms with E-state index in [2.05, 4.69) is 15.6 Å². The fourth-order valence-corrected chi connectivity index (χ4v) is 2.45. The molecule has 1 aromatic rings. The summed E-state index contributed by atoms with van der Waals surface area (Å²) in [7, 11) is -0.553. The van der Waals surface area contributed by atoms with Crippen molar-refractivity contribution in [3.05, 3.63) is 18.5 Å². The molecule has 2 N–H and O–H groups in total. The van der Waals surface area contributed by atoms with Crippen molar-refractivity contribution in [2.24, 2.45) is 0 Å². The normalized spacial score (nSPS) is 17.9. The van der Waals surface area contributed by atoms with Gasteiger partial charge in [0.15, 0.2) is 0 Å². The molecule has 1 aromatic heterocycles. The maximum Gasteiger partial charge on any atom is 0.496 e. The monoisotopic (exact) mass is 391 g/mol.